The van der Waals surface area contributed by atoms with Gasteiger partial charge in [0.15, 0.2) is 0 Å². The van der Waals surface area contributed by atoms with Gasteiger partial charge in [-0.15, -0.1) is 0 Å². The molecule has 0 saturated carbocycles. The molecule has 8 nitrogen and oxygen atoms in total. The molecule has 0 saturated heterocycles. The van der Waals surface area contributed by atoms with Crippen LogP contribution in [0.2, 0.25) is 0 Å². The minimum Gasteiger partial charge on any atom is -0.385 e. The monoisotopic (exact) mass is 448 g/mol. The van der Waals surface area contributed by atoms with Crippen LogP contribution in [0.3, 0.4) is 0 Å². The summed E-state index contributed by atoms with van der Waals surface area (Å²) in [6.07, 6.45) is 1.55. The number of amides is 2. The van der Waals surface area contributed by atoms with Gasteiger partial charge in [0.1, 0.15) is 5.76 Å². The van der Waals surface area contributed by atoms with Crippen molar-refractivity contribution in [3.05, 3.63) is 47.3 Å². The Bertz CT molecular complexity index is 1300. The fourth-order valence-corrected chi connectivity index (χ4v) is 4.30. The van der Waals surface area contributed by atoms with E-state index in [9.17, 15) is 9.59 Å². The lowest BCUT2D eigenvalue weighted by Gasteiger charge is -2.17. The second kappa shape index (κ2) is 9.46. The van der Waals surface area contributed by atoms with Gasteiger partial charge in [-0.05, 0) is 63.1 Å². The summed E-state index contributed by atoms with van der Waals surface area (Å²) < 4.78 is 10.5. The summed E-state index contributed by atoms with van der Waals surface area (Å²) in [5.74, 6) is 0.541. The molecule has 8 heteroatoms. The molecule has 0 spiro atoms. The van der Waals surface area contributed by atoms with E-state index in [2.05, 4.69) is 15.5 Å². The molecule has 2 N–H and O–H groups in total. The molecular formula is C25H28N4O4. The Kier molecular flexibility index (Phi) is 6.46. The normalized spacial score (nSPS) is 11.3. The molecule has 33 heavy (non-hydrogen) atoms. The molecule has 2 amide bonds. The summed E-state index contributed by atoms with van der Waals surface area (Å²) in [7, 11) is 1.64. The van der Waals surface area contributed by atoms with Crippen molar-refractivity contribution in [1.82, 2.24) is 15.5 Å². The Hall–Kier alpha value is -3.65. The van der Waals surface area contributed by atoms with Gasteiger partial charge in [0.25, 0.3) is 5.91 Å². The van der Waals surface area contributed by atoms with Crippen molar-refractivity contribution in [3.8, 4) is 11.1 Å². The molecule has 0 fully saturated rings. The number of aromatic amines is 1. The molecule has 0 atom stereocenters. The number of nitrogens with zero attached hydrogens (tertiary/aromatic N) is 2. The number of hydrogen-bond donors (Lipinski definition) is 2. The fraction of sp³-hybridized carbons (Fsp3) is 0.320. The Morgan fingerprint density at radius 1 is 1.24 bits per heavy atom. The van der Waals surface area contributed by atoms with E-state index in [1.807, 2.05) is 51.1 Å². The molecule has 4 rings (SSSR count). The average molecular weight is 449 g/mol. The summed E-state index contributed by atoms with van der Waals surface area (Å²) in [6, 6.07) is 9.69. The van der Waals surface area contributed by atoms with Crippen LogP contribution in [0.4, 0.5) is 5.69 Å². The predicted octanol–water partition coefficient (Wildman–Crippen LogP) is 4.34. The summed E-state index contributed by atoms with van der Waals surface area (Å²) >= 11 is 0. The number of aryl methyl sites for hydroxylation is 2. The van der Waals surface area contributed by atoms with Crippen LogP contribution in [0, 0.1) is 13.8 Å². The number of aromatic nitrogens is 2. The summed E-state index contributed by atoms with van der Waals surface area (Å²) in [5, 5.41) is 8.68. The van der Waals surface area contributed by atoms with Gasteiger partial charge >= 0.3 is 0 Å². The van der Waals surface area contributed by atoms with Crippen LogP contribution in [0.15, 0.2) is 34.9 Å². The lowest BCUT2D eigenvalue weighted by molar-refractivity contribution is -0.107. The molecule has 0 aliphatic carbocycles. The van der Waals surface area contributed by atoms with E-state index in [1.54, 1.807) is 12.0 Å². The zero-order valence-electron chi connectivity index (χ0n) is 19.3. The first-order valence-corrected chi connectivity index (χ1v) is 11.0. The van der Waals surface area contributed by atoms with Crippen molar-refractivity contribution >= 4 is 39.8 Å². The molecule has 0 bridgehead atoms. The molecule has 0 radical (unpaired) electrons. The number of hydrogen-bond acceptors (Lipinski definition) is 5. The van der Waals surface area contributed by atoms with Crippen molar-refractivity contribution in [2.24, 2.45) is 0 Å². The van der Waals surface area contributed by atoms with Crippen molar-refractivity contribution in [3.63, 3.8) is 0 Å². The lowest BCUT2D eigenvalue weighted by atomic mass is 9.97. The number of anilines is 1. The number of H-pyrrole nitrogens is 1. The quantitative estimate of drug-likeness (QED) is 0.293. The first-order valence-electron chi connectivity index (χ1n) is 11.0. The average Bonchev–Trinajstić information content (AvgIpc) is 3.34. The third-order valence-corrected chi connectivity index (χ3v) is 5.79. The zero-order chi connectivity index (χ0) is 23.5. The van der Waals surface area contributed by atoms with Crippen LogP contribution in [-0.4, -0.2) is 49.3 Å². The highest BCUT2D eigenvalue weighted by molar-refractivity contribution is 6.19. The molecule has 2 aromatic heterocycles. The zero-order valence-corrected chi connectivity index (χ0v) is 19.3. The van der Waals surface area contributed by atoms with Crippen LogP contribution < -0.4 is 10.2 Å². The van der Waals surface area contributed by atoms with E-state index < -0.39 is 0 Å². The van der Waals surface area contributed by atoms with Crippen molar-refractivity contribution in [1.29, 1.82) is 0 Å². The maximum absolute atomic E-state index is 13.1. The van der Waals surface area contributed by atoms with Gasteiger partial charge in [-0.25, -0.2) is 0 Å². The molecule has 2 heterocycles. The second-order valence-corrected chi connectivity index (χ2v) is 8.01. The van der Waals surface area contributed by atoms with Gasteiger partial charge in [-0.2, -0.15) is 0 Å². The highest BCUT2D eigenvalue weighted by atomic mass is 16.5. The maximum Gasteiger partial charge on any atom is 0.252 e. The summed E-state index contributed by atoms with van der Waals surface area (Å²) in [6.45, 7) is 7.28. The molecule has 2 aromatic carbocycles. The van der Waals surface area contributed by atoms with Crippen LogP contribution >= 0.6 is 0 Å². The largest absolute Gasteiger partial charge is 0.385 e. The highest BCUT2D eigenvalue weighted by Crippen LogP contribution is 2.36. The van der Waals surface area contributed by atoms with Crippen LogP contribution in [0.25, 0.3) is 32.9 Å². The van der Waals surface area contributed by atoms with Gasteiger partial charge in [-0.3, -0.25) is 9.59 Å². The number of rotatable bonds is 9. The number of nitrogens with one attached hydrogen (secondary N) is 2. The molecule has 0 unspecified atom stereocenters. The van der Waals surface area contributed by atoms with Crippen molar-refractivity contribution in [2.45, 2.75) is 27.2 Å². The predicted molar refractivity (Wildman–Crippen MR) is 129 cm³/mol. The molecule has 0 aliphatic rings. The van der Waals surface area contributed by atoms with Gasteiger partial charge in [-0.1, -0.05) is 5.16 Å². The Labute approximate surface area is 191 Å². The van der Waals surface area contributed by atoms with Crippen molar-refractivity contribution < 1.29 is 18.8 Å². The fourth-order valence-electron chi connectivity index (χ4n) is 4.30. The Balaban J connectivity index is 1.91. The number of fused-ring (bicyclic) bond motifs is 3. The van der Waals surface area contributed by atoms with E-state index in [0.29, 0.717) is 31.0 Å². The van der Waals surface area contributed by atoms with E-state index >= 15 is 0 Å². The summed E-state index contributed by atoms with van der Waals surface area (Å²) in [4.78, 5) is 29.9. The molecule has 4 aromatic rings. The number of ether oxygens (including phenoxy) is 1. The van der Waals surface area contributed by atoms with E-state index in [0.717, 1.165) is 57.1 Å². The number of benzene rings is 2. The third-order valence-electron chi connectivity index (χ3n) is 5.79. The first-order chi connectivity index (χ1) is 16.0. The smallest absolute Gasteiger partial charge is 0.252 e. The Morgan fingerprint density at radius 3 is 2.73 bits per heavy atom. The number of carbonyl (C=O) groups is 2. The molecular weight excluding hydrogens is 420 g/mol. The van der Waals surface area contributed by atoms with Gasteiger partial charge in [0.05, 0.1) is 5.69 Å². The van der Waals surface area contributed by atoms with Crippen LogP contribution in [0.5, 0.6) is 0 Å². The molecule has 172 valence electrons. The van der Waals surface area contributed by atoms with Gasteiger partial charge in [0.2, 0.25) is 6.41 Å². The molecule has 0 aliphatic heterocycles. The second-order valence-electron chi connectivity index (χ2n) is 8.01. The summed E-state index contributed by atoms with van der Waals surface area (Å²) in [5.41, 5.74) is 5.56. The van der Waals surface area contributed by atoms with E-state index in [-0.39, 0.29) is 5.91 Å². The number of methoxy groups -OCH3 is 1. The van der Waals surface area contributed by atoms with Crippen LogP contribution in [0.1, 0.15) is 35.2 Å². The maximum atomic E-state index is 13.1. The Morgan fingerprint density at radius 2 is 2.06 bits per heavy atom. The van der Waals surface area contributed by atoms with Crippen LogP contribution in [-0.2, 0) is 9.53 Å². The number of carbonyl (C=O) groups excluding carboxylic acids is 2. The topological polar surface area (TPSA) is 100 Å². The minimum absolute atomic E-state index is 0.158. The first kappa shape index (κ1) is 22.5. The highest BCUT2D eigenvalue weighted by Gasteiger charge is 2.20. The van der Waals surface area contributed by atoms with Gasteiger partial charge < -0.3 is 24.5 Å². The minimum atomic E-state index is -0.158. The van der Waals surface area contributed by atoms with Gasteiger partial charge in [0, 0.05) is 65.4 Å². The van der Waals surface area contributed by atoms with Crippen molar-refractivity contribution in [2.75, 3.05) is 31.7 Å². The van der Waals surface area contributed by atoms with E-state index in [1.165, 1.54) is 0 Å². The van der Waals surface area contributed by atoms with E-state index in [4.69, 9.17) is 9.26 Å². The third kappa shape index (κ3) is 4.21. The standard InChI is InChI=1S/C25H28N4O4/c1-5-26-25(31)20-11-17(23-15(2)28-33-16(23)3)12-22-24(20)19-13-18(7-8-21(19)27-22)29(14-30)9-6-10-32-4/h7-8,11-14,27H,5-6,9-10H2,1-4H3,(H,26,31). The lowest BCUT2D eigenvalue weighted by Crippen LogP contribution is -2.23. The SMILES string of the molecule is CCNC(=O)c1cc(-c2c(C)noc2C)cc2[nH]c3ccc(N(C=O)CCCOC)cc3c12.